The quantitative estimate of drug-likeness (QED) is 0.563. The van der Waals surface area contributed by atoms with E-state index >= 15 is 0 Å². The molecule has 6 heteroatoms. The topological polar surface area (TPSA) is 84.8 Å². The zero-order valence-electron chi connectivity index (χ0n) is 8.80. The van der Waals surface area contributed by atoms with Crippen LogP contribution in [-0.4, -0.2) is 14.7 Å². The van der Waals surface area contributed by atoms with Gasteiger partial charge in [0.25, 0.3) is 0 Å². The van der Waals surface area contributed by atoms with Crippen molar-refractivity contribution >= 4 is 5.69 Å². The van der Waals surface area contributed by atoms with Crippen LogP contribution < -0.4 is 0 Å². The van der Waals surface area contributed by atoms with Crippen LogP contribution in [0.15, 0.2) is 12.4 Å². The van der Waals surface area contributed by atoms with E-state index in [0.29, 0.717) is 0 Å². The smallest absolute Gasteiger partial charge is 0.258 e. The molecule has 84 valence electrons. The minimum atomic E-state index is -0.674. The lowest BCUT2D eigenvalue weighted by atomic mass is 9.83. The molecule has 0 unspecified atom stereocenters. The van der Waals surface area contributed by atoms with Gasteiger partial charge in [0.15, 0.2) is 0 Å². The molecule has 1 fully saturated rings. The molecule has 0 amide bonds. The first-order valence-electron chi connectivity index (χ1n) is 5.29. The van der Waals surface area contributed by atoms with E-state index in [2.05, 4.69) is 11.2 Å². The fourth-order valence-electron chi connectivity index (χ4n) is 2.17. The third-order valence-corrected chi connectivity index (χ3v) is 3.11. The van der Waals surface area contributed by atoms with Crippen molar-refractivity contribution in [2.75, 3.05) is 0 Å². The molecule has 1 saturated carbocycles. The highest BCUT2D eigenvalue weighted by Crippen LogP contribution is 2.34. The zero-order chi connectivity index (χ0) is 11.6. The largest absolute Gasteiger partial charge is 0.307 e. The van der Waals surface area contributed by atoms with E-state index in [-0.39, 0.29) is 5.69 Å². The Morgan fingerprint density at radius 1 is 1.50 bits per heavy atom. The van der Waals surface area contributed by atoms with Gasteiger partial charge in [0.2, 0.25) is 0 Å². The Labute approximate surface area is 92.6 Å². The molecule has 0 aromatic carbocycles. The van der Waals surface area contributed by atoms with E-state index in [1.165, 1.54) is 17.1 Å². The number of rotatable bonds is 2. The Kier molecular flexibility index (Phi) is 2.60. The molecule has 2 rings (SSSR count). The van der Waals surface area contributed by atoms with Gasteiger partial charge in [-0.1, -0.05) is 6.42 Å². The normalized spacial score (nSPS) is 18.9. The summed E-state index contributed by atoms with van der Waals surface area (Å²) >= 11 is 0. The van der Waals surface area contributed by atoms with Gasteiger partial charge in [0.05, 0.1) is 11.0 Å². The number of nitrogens with zero attached hydrogens (tertiary/aromatic N) is 4. The number of hydrogen-bond donors (Lipinski definition) is 0. The highest BCUT2D eigenvalue weighted by atomic mass is 16.6. The van der Waals surface area contributed by atoms with Crippen LogP contribution in [0.25, 0.3) is 0 Å². The second-order valence-electron chi connectivity index (χ2n) is 4.10. The molecule has 1 heterocycles. The van der Waals surface area contributed by atoms with Gasteiger partial charge in [0, 0.05) is 0 Å². The lowest BCUT2D eigenvalue weighted by molar-refractivity contribution is -0.385. The number of hydrogen-bond acceptors (Lipinski definition) is 4. The molecule has 0 bridgehead atoms. The Bertz CT molecular complexity index is 440. The third kappa shape index (κ3) is 1.65. The number of aromatic nitrogens is 2. The van der Waals surface area contributed by atoms with Gasteiger partial charge in [-0.15, -0.1) is 0 Å². The van der Waals surface area contributed by atoms with Crippen molar-refractivity contribution in [1.82, 2.24) is 9.78 Å². The summed E-state index contributed by atoms with van der Waals surface area (Å²) in [7, 11) is 0. The molecule has 16 heavy (non-hydrogen) atoms. The fourth-order valence-corrected chi connectivity index (χ4v) is 2.17. The maximum absolute atomic E-state index is 10.6. The lowest BCUT2D eigenvalue weighted by Gasteiger charge is -2.30. The molecule has 0 atom stereocenters. The van der Waals surface area contributed by atoms with Crippen LogP contribution in [0.5, 0.6) is 0 Å². The first-order chi connectivity index (χ1) is 7.68. The molecule has 0 saturated heterocycles. The second-order valence-corrected chi connectivity index (χ2v) is 4.10. The highest BCUT2D eigenvalue weighted by Gasteiger charge is 2.35. The Morgan fingerprint density at radius 3 is 2.69 bits per heavy atom. The summed E-state index contributed by atoms with van der Waals surface area (Å²) in [6.07, 6.45) is 7.07. The molecule has 1 aromatic heterocycles. The van der Waals surface area contributed by atoms with E-state index in [0.717, 1.165) is 32.1 Å². The van der Waals surface area contributed by atoms with Crippen LogP contribution in [0.3, 0.4) is 0 Å². The van der Waals surface area contributed by atoms with Crippen LogP contribution in [0.2, 0.25) is 0 Å². The van der Waals surface area contributed by atoms with Gasteiger partial charge in [-0.25, -0.2) is 4.68 Å². The van der Waals surface area contributed by atoms with Gasteiger partial charge < -0.3 is 0 Å². The Hall–Kier alpha value is -1.90. The summed E-state index contributed by atoms with van der Waals surface area (Å²) in [6, 6.07) is 2.26. The third-order valence-electron chi connectivity index (χ3n) is 3.11. The standard InChI is InChI=1S/C10H12N4O2/c11-8-10(4-2-1-3-5-10)13-7-9(6-12-13)14(15)16/h6-7H,1-5H2. The van der Waals surface area contributed by atoms with Crippen molar-refractivity contribution in [2.24, 2.45) is 0 Å². The van der Waals surface area contributed by atoms with Crippen molar-refractivity contribution < 1.29 is 4.92 Å². The van der Waals surface area contributed by atoms with Crippen LogP contribution >= 0.6 is 0 Å². The molecule has 1 aromatic rings. The van der Waals surface area contributed by atoms with E-state index in [9.17, 15) is 15.4 Å². The SMILES string of the molecule is N#CC1(n2cc([N+](=O)[O-])cn2)CCCCC1. The summed E-state index contributed by atoms with van der Waals surface area (Å²) in [5.41, 5.74) is -0.729. The Morgan fingerprint density at radius 2 is 2.19 bits per heavy atom. The monoisotopic (exact) mass is 220 g/mol. The number of nitriles is 1. The van der Waals surface area contributed by atoms with E-state index in [1.807, 2.05) is 0 Å². The minimum absolute atomic E-state index is 0.0554. The molecule has 1 aliphatic rings. The van der Waals surface area contributed by atoms with Gasteiger partial charge in [-0.05, 0) is 25.7 Å². The zero-order valence-corrected chi connectivity index (χ0v) is 8.80. The van der Waals surface area contributed by atoms with Crippen LogP contribution in [0.4, 0.5) is 5.69 Å². The molecule has 0 spiro atoms. The summed E-state index contributed by atoms with van der Waals surface area (Å²) in [5, 5.41) is 23.8. The first kappa shape index (κ1) is 10.6. The highest BCUT2D eigenvalue weighted by molar-refractivity contribution is 5.23. The van der Waals surface area contributed by atoms with Gasteiger partial charge in [-0.2, -0.15) is 10.4 Å². The lowest BCUT2D eigenvalue weighted by Crippen LogP contribution is -2.34. The molecule has 0 N–H and O–H groups in total. The summed E-state index contributed by atoms with van der Waals surface area (Å²) in [6.45, 7) is 0. The minimum Gasteiger partial charge on any atom is -0.258 e. The van der Waals surface area contributed by atoms with Crippen molar-refractivity contribution in [2.45, 2.75) is 37.6 Å². The van der Waals surface area contributed by atoms with Crippen molar-refractivity contribution in [3.8, 4) is 6.07 Å². The van der Waals surface area contributed by atoms with Crippen molar-refractivity contribution in [3.63, 3.8) is 0 Å². The number of nitro groups is 1. The predicted molar refractivity (Wildman–Crippen MR) is 55.6 cm³/mol. The second kappa shape index (κ2) is 3.93. The molecular weight excluding hydrogens is 208 g/mol. The van der Waals surface area contributed by atoms with Gasteiger partial charge >= 0.3 is 5.69 Å². The maximum Gasteiger partial charge on any atom is 0.307 e. The van der Waals surface area contributed by atoms with Crippen molar-refractivity contribution in [1.29, 1.82) is 5.26 Å². The average molecular weight is 220 g/mol. The molecule has 0 radical (unpaired) electrons. The molecule has 6 nitrogen and oxygen atoms in total. The maximum atomic E-state index is 10.6. The van der Waals surface area contributed by atoms with Gasteiger partial charge in [0.1, 0.15) is 17.9 Å². The predicted octanol–water partition coefficient (Wildman–Crippen LogP) is 1.97. The summed E-state index contributed by atoms with van der Waals surface area (Å²) in [5.74, 6) is 0. The van der Waals surface area contributed by atoms with Crippen LogP contribution in [0, 0.1) is 21.4 Å². The average Bonchev–Trinajstić information content (AvgIpc) is 2.80. The summed E-state index contributed by atoms with van der Waals surface area (Å²) in [4.78, 5) is 10.1. The fraction of sp³-hybridized carbons (Fsp3) is 0.600. The molecule has 1 aliphatic carbocycles. The van der Waals surface area contributed by atoms with Crippen LogP contribution in [0.1, 0.15) is 32.1 Å². The Balaban J connectivity index is 2.33. The van der Waals surface area contributed by atoms with Crippen LogP contribution in [-0.2, 0) is 5.54 Å². The van der Waals surface area contributed by atoms with Crippen molar-refractivity contribution in [3.05, 3.63) is 22.5 Å². The molecule has 0 aliphatic heterocycles. The van der Waals surface area contributed by atoms with Gasteiger partial charge in [-0.3, -0.25) is 10.1 Å². The first-order valence-corrected chi connectivity index (χ1v) is 5.29. The summed E-state index contributed by atoms with van der Waals surface area (Å²) < 4.78 is 1.46. The van der Waals surface area contributed by atoms with E-state index in [1.54, 1.807) is 0 Å². The molecular formula is C10H12N4O2. The van der Waals surface area contributed by atoms with E-state index in [4.69, 9.17) is 0 Å². The van der Waals surface area contributed by atoms with E-state index < -0.39 is 10.5 Å².